The van der Waals surface area contributed by atoms with E-state index in [1.54, 1.807) is 0 Å². The predicted molar refractivity (Wildman–Crippen MR) is 130 cm³/mol. The number of hydrogen-bond donors (Lipinski definition) is 2. The zero-order chi connectivity index (χ0) is 24.4. The largest absolute Gasteiger partial charge is 0.480 e. The molecule has 0 radical (unpaired) electrons. The van der Waals surface area contributed by atoms with Gasteiger partial charge in [-0.15, -0.1) is 0 Å². The van der Waals surface area contributed by atoms with Gasteiger partial charge >= 0.3 is 12.1 Å². The second-order valence-electron chi connectivity index (χ2n) is 9.60. The topological polar surface area (TPSA) is 99.2 Å². The van der Waals surface area contributed by atoms with Gasteiger partial charge in [0, 0.05) is 31.6 Å². The molecule has 0 saturated carbocycles. The van der Waals surface area contributed by atoms with Crippen molar-refractivity contribution in [3.63, 3.8) is 0 Å². The Balaban J connectivity index is 1.09. The smallest absolute Gasteiger partial charge is 0.407 e. The molecule has 2 saturated heterocycles. The second-order valence-corrected chi connectivity index (χ2v) is 9.60. The molecule has 2 aliphatic heterocycles. The molecule has 2 heterocycles. The number of aliphatic carboxylic acids is 1. The number of ether oxygens (including phenoxy) is 1. The van der Waals surface area contributed by atoms with Crippen molar-refractivity contribution in [2.75, 3.05) is 32.8 Å². The number of fused-ring (bicyclic) bond motifs is 3. The van der Waals surface area contributed by atoms with E-state index in [0.29, 0.717) is 26.1 Å². The Morgan fingerprint density at radius 1 is 0.914 bits per heavy atom. The molecular formula is C27H31N3O5. The van der Waals surface area contributed by atoms with Gasteiger partial charge in [-0.05, 0) is 47.9 Å². The fourth-order valence-corrected chi connectivity index (χ4v) is 5.65. The van der Waals surface area contributed by atoms with Gasteiger partial charge in [0.2, 0.25) is 5.91 Å². The molecule has 2 aromatic rings. The monoisotopic (exact) mass is 477 g/mol. The molecule has 0 bridgehead atoms. The summed E-state index contributed by atoms with van der Waals surface area (Å²) in [7, 11) is 0. The fraction of sp³-hybridized carbons (Fsp3) is 0.444. The first-order valence-electron chi connectivity index (χ1n) is 12.4. The molecule has 184 valence electrons. The Labute approximate surface area is 204 Å². The Bertz CT molecular complexity index is 1070. The van der Waals surface area contributed by atoms with Gasteiger partial charge < -0.3 is 20.1 Å². The number of nitrogens with zero attached hydrogens (tertiary/aromatic N) is 2. The van der Waals surface area contributed by atoms with Crippen LogP contribution in [0.2, 0.25) is 0 Å². The molecule has 2 amide bonds. The summed E-state index contributed by atoms with van der Waals surface area (Å²) in [6.45, 7) is 2.36. The molecule has 5 rings (SSSR count). The number of alkyl carbamates (subject to hydrolysis) is 1. The number of likely N-dealkylation sites (tertiary alicyclic amines) is 2. The molecule has 2 fully saturated rings. The van der Waals surface area contributed by atoms with Crippen molar-refractivity contribution < 1.29 is 24.2 Å². The Morgan fingerprint density at radius 3 is 2.17 bits per heavy atom. The van der Waals surface area contributed by atoms with Gasteiger partial charge in [-0.25, -0.2) is 9.59 Å². The lowest BCUT2D eigenvalue weighted by Crippen LogP contribution is -2.49. The van der Waals surface area contributed by atoms with Crippen molar-refractivity contribution in [1.29, 1.82) is 0 Å². The highest BCUT2D eigenvalue weighted by molar-refractivity contribution is 5.85. The average molecular weight is 478 g/mol. The number of nitrogens with one attached hydrogen (secondary N) is 1. The number of carboxylic acid groups (broad SMARTS) is 1. The molecule has 2 N–H and O–H groups in total. The first-order valence-corrected chi connectivity index (χ1v) is 12.4. The maximum atomic E-state index is 12.6. The number of carbonyl (C=O) groups is 3. The van der Waals surface area contributed by atoms with Crippen LogP contribution in [0.15, 0.2) is 48.5 Å². The minimum atomic E-state index is -0.929. The van der Waals surface area contributed by atoms with Gasteiger partial charge in [-0.2, -0.15) is 0 Å². The zero-order valence-corrected chi connectivity index (χ0v) is 19.7. The van der Waals surface area contributed by atoms with Gasteiger partial charge in [0.15, 0.2) is 0 Å². The summed E-state index contributed by atoms with van der Waals surface area (Å²) in [6, 6.07) is 15.8. The van der Waals surface area contributed by atoms with E-state index in [1.807, 2.05) is 29.2 Å². The summed E-state index contributed by atoms with van der Waals surface area (Å²) >= 11 is 0. The van der Waals surface area contributed by atoms with Crippen LogP contribution in [0.5, 0.6) is 0 Å². The van der Waals surface area contributed by atoms with Crippen LogP contribution in [-0.2, 0) is 14.3 Å². The molecule has 1 atom stereocenters. The van der Waals surface area contributed by atoms with Gasteiger partial charge in [-0.1, -0.05) is 48.5 Å². The van der Waals surface area contributed by atoms with Crippen LogP contribution in [0, 0.1) is 0 Å². The van der Waals surface area contributed by atoms with Crippen LogP contribution in [0.25, 0.3) is 11.1 Å². The Morgan fingerprint density at radius 2 is 1.54 bits per heavy atom. The SMILES string of the molecule is O=C(NC1CCN(CC(=O)N2CCC[C@@H]2C(=O)O)CC1)OCC1c2ccccc2-c2ccccc21. The number of benzene rings is 2. The molecule has 8 nitrogen and oxygen atoms in total. The lowest BCUT2D eigenvalue weighted by molar-refractivity contribution is -0.148. The van der Waals surface area contributed by atoms with E-state index in [-0.39, 0.29) is 31.0 Å². The van der Waals surface area contributed by atoms with E-state index in [9.17, 15) is 19.5 Å². The molecular weight excluding hydrogens is 446 g/mol. The quantitative estimate of drug-likeness (QED) is 0.664. The van der Waals surface area contributed by atoms with Crippen molar-refractivity contribution in [3.05, 3.63) is 59.7 Å². The summed E-state index contributed by atoms with van der Waals surface area (Å²) in [5.41, 5.74) is 4.76. The van der Waals surface area contributed by atoms with Crippen LogP contribution in [0.4, 0.5) is 4.79 Å². The Kier molecular flexibility index (Phi) is 6.72. The first kappa shape index (κ1) is 23.4. The van der Waals surface area contributed by atoms with Gasteiger partial charge in [0.1, 0.15) is 12.6 Å². The number of amides is 2. The van der Waals surface area contributed by atoms with Gasteiger partial charge in [-0.3, -0.25) is 9.69 Å². The summed E-state index contributed by atoms with van der Waals surface area (Å²) in [5.74, 6) is -1.03. The van der Waals surface area contributed by atoms with E-state index in [4.69, 9.17) is 4.74 Å². The highest BCUT2D eigenvalue weighted by Gasteiger charge is 2.35. The lowest BCUT2D eigenvalue weighted by Gasteiger charge is -2.33. The molecule has 0 aromatic heterocycles. The third kappa shape index (κ3) is 4.89. The molecule has 1 aliphatic carbocycles. The highest BCUT2D eigenvalue weighted by Crippen LogP contribution is 2.44. The third-order valence-electron chi connectivity index (χ3n) is 7.47. The molecule has 2 aromatic carbocycles. The maximum Gasteiger partial charge on any atom is 0.407 e. The first-order chi connectivity index (χ1) is 17.0. The standard InChI is InChI=1S/C27H31N3O5/c31-25(30-13-5-10-24(30)26(32)33)16-29-14-11-18(12-15-29)28-27(34)35-17-23-21-8-3-1-6-19(21)20-7-2-4-9-22(20)23/h1-4,6-9,18,23-24H,5,10-17H2,(H,28,34)(H,32,33)/t24-/m1/s1. The van der Waals surface area contributed by atoms with E-state index in [2.05, 4.69) is 29.6 Å². The van der Waals surface area contributed by atoms with Crippen molar-refractivity contribution >= 4 is 18.0 Å². The number of carbonyl (C=O) groups excluding carboxylic acids is 2. The molecule has 3 aliphatic rings. The normalized spacial score (nSPS) is 20.3. The third-order valence-corrected chi connectivity index (χ3v) is 7.47. The number of piperidine rings is 1. The van der Waals surface area contributed by atoms with Crippen molar-refractivity contribution in [2.24, 2.45) is 0 Å². The highest BCUT2D eigenvalue weighted by atomic mass is 16.5. The van der Waals surface area contributed by atoms with Crippen molar-refractivity contribution in [3.8, 4) is 11.1 Å². The van der Waals surface area contributed by atoms with Crippen LogP contribution >= 0.6 is 0 Å². The van der Waals surface area contributed by atoms with E-state index < -0.39 is 18.1 Å². The molecule has 35 heavy (non-hydrogen) atoms. The van der Waals surface area contributed by atoms with E-state index in [1.165, 1.54) is 27.2 Å². The van der Waals surface area contributed by atoms with Crippen LogP contribution in [-0.4, -0.2) is 77.7 Å². The number of rotatable bonds is 6. The summed E-state index contributed by atoms with van der Waals surface area (Å²) in [5, 5.41) is 12.3. The number of hydrogen-bond acceptors (Lipinski definition) is 5. The molecule has 0 spiro atoms. The van der Waals surface area contributed by atoms with Crippen LogP contribution < -0.4 is 5.32 Å². The molecule has 8 heteroatoms. The summed E-state index contributed by atoms with van der Waals surface area (Å²) in [4.78, 5) is 40.0. The zero-order valence-electron chi connectivity index (χ0n) is 19.7. The fourth-order valence-electron chi connectivity index (χ4n) is 5.65. The predicted octanol–water partition coefficient (Wildman–Crippen LogP) is 3.07. The van der Waals surface area contributed by atoms with Crippen molar-refractivity contribution in [1.82, 2.24) is 15.1 Å². The minimum absolute atomic E-state index is 0.00411. The second kappa shape index (κ2) is 10.1. The number of carboxylic acids is 1. The van der Waals surface area contributed by atoms with Crippen LogP contribution in [0.3, 0.4) is 0 Å². The lowest BCUT2D eigenvalue weighted by atomic mass is 9.98. The summed E-state index contributed by atoms with van der Waals surface area (Å²) < 4.78 is 5.66. The Hall–Kier alpha value is -3.39. The van der Waals surface area contributed by atoms with E-state index >= 15 is 0 Å². The minimum Gasteiger partial charge on any atom is -0.480 e. The van der Waals surface area contributed by atoms with Crippen LogP contribution in [0.1, 0.15) is 42.7 Å². The maximum absolute atomic E-state index is 12.6. The van der Waals surface area contributed by atoms with Gasteiger partial charge in [0.25, 0.3) is 0 Å². The van der Waals surface area contributed by atoms with E-state index in [0.717, 1.165) is 19.3 Å². The summed E-state index contributed by atoms with van der Waals surface area (Å²) in [6.07, 6.45) is 2.28. The van der Waals surface area contributed by atoms with Gasteiger partial charge in [0.05, 0.1) is 6.54 Å². The van der Waals surface area contributed by atoms with Crippen molar-refractivity contribution in [2.45, 2.75) is 43.7 Å². The molecule has 0 unspecified atom stereocenters. The average Bonchev–Trinajstić information content (AvgIpc) is 3.48.